The van der Waals surface area contributed by atoms with Gasteiger partial charge in [-0.05, 0) is 48.7 Å². The van der Waals surface area contributed by atoms with E-state index in [1.807, 2.05) is 46.3 Å². The molecule has 0 unspecified atom stereocenters. The van der Waals surface area contributed by atoms with Crippen molar-refractivity contribution in [2.24, 2.45) is 0 Å². The summed E-state index contributed by atoms with van der Waals surface area (Å²) in [5.41, 5.74) is 5.52. The largest absolute Gasteiger partial charge is 0.378 e. The maximum Gasteiger partial charge on any atom is 0.0459 e. The maximum atomic E-state index is 4.52. The van der Waals surface area contributed by atoms with Crippen molar-refractivity contribution in [3.8, 4) is 11.8 Å². The third-order valence-corrected chi connectivity index (χ3v) is 3.40. The number of pyridine rings is 1. The van der Waals surface area contributed by atoms with Crippen molar-refractivity contribution in [3.63, 3.8) is 0 Å². The number of rotatable bonds is 2. The van der Waals surface area contributed by atoms with E-state index in [0.29, 0.717) is 5.92 Å². The number of aromatic nitrogens is 1. The molecule has 0 aliphatic rings. The zero-order valence-electron chi connectivity index (χ0n) is 15.4. The summed E-state index contributed by atoms with van der Waals surface area (Å²) < 4.78 is 0. The van der Waals surface area contributed by atoms with E-state index < -0.39 is 0 Å². The van der Waals surface area contributed by atoms with E-state index in [1.165, 1.54) is 11.3 Å². The van der Waals surface area contributed by atoms with Crippen molar-refractivity contribution in [1.29, 1.82) is 0 Å². The minimum Gasteiger partial charge on any atom is -0.378 e. The predicted molar refractivity (Wildman–Crippen MR) is 101 cm³/mol. The Balaban J connectivity index is 0.00000127. The molecule has 2 heteroatoms. The highest BCUT2D eigenvalue weighted by molar-refractivity contribution is 5.51. The molecule has 1 heterocycles. The highest BCUT2D eigenvalue weighted by atomic mass is 15.1. The minimum atomic E-state index is 0.450. The fraction of sp³-hybridized carbons (Fsp3) is 0.381. The number of benzene rings is 1. The number of nitrogens with zero attached hydrogens (tertiary/aromatic N) is 2. The van der Waals surface area contributed by atoms with Crippen LogP contribution < -0.4 is 4.90 Å². The molecule has 2 aromatic rings. The summed E-state index contributed by atoms with van der Waals surface area (Å²) in [7, 11) is 4.07. The summed E-state index contributed by atoms with van der Waals surface area (Å²) in [6.45, 7) is 10.4. The predicted octanol–water partition coefficient (Wildman–Crippen LogP) is 5.01. The average molecular weight is 308 g/mol. The molecule has 0 aliphatic carbocycles. The summed E-state index contributed by atoms with van der Waals surface area (Å²) in [4.78, 5) is 6.60. The van der Waals surface area contributed by atoms with Crippen molar-refractivity contribution in [1.82, 2.24) is 4.98 Å². The van der Waals surface area contributed by atoms with Gasteiger partial charge >= 0.3 is 0 Å². The Morgan fingerprint density at radius 1 is 0.957 bits per heavy atom. The van der Waals surface area contributed by atoms with E-state index in [4.69, 9.17) is 0 Å². The Labute approximate surface area is 141 Å². The smallest absolute Gasteiger partial charge is 0.0459 e. The third kappa shape index (κ3) is 5.45. The van der Waals surface area contributed by atoms with Crippen molar-refractivity contribution < 1.29 is 0 Å². The van der Waals surface area contributed by atoms with Crippen LogP contribution in [-0.2, 0) is 0 Å². The molecule has 0 atom stereocenters. The van der Waals surface area contributed by atoms with Crippen LogP contribution in [0.1, 0.15) is 56.0 Å². The minimum absolute atomic E-state index is 0.450. The Bertz CT molecular complexity index is 671. The second-order valence-electron chi connectivity index (χ2n) is 5.77. The van der Waals surface area contributed by atoms with E-state index in [-0.39, 0.29) is 0 Å². The van der Waals surface area contributed by atoms with Crippen LogP contribution in [0, 0.1) is 18.8 Å². The van der Waals surface area contributed by atoms with Gasteiger partial charge in [0.15, 0.2) is 0 Å². The Kier molecular flexibility index (Phi) is 7.35. The number of hydrogen-bond acceptors (Lipinski definition) is 2. The van der Waals surface area contributed by atoms with Gasteiger partial charge in [-0.2, -0.15) is 0 Å². The first-order chi connectivity index (χ1) is 11.0. The summed E-state index contributed by atoms with van der Waals surface area (Å²) in [5.74, 6) is 6.83. The Morgan fingerprint density at radius 3 is 2.00 bits per heavy atom. The first-order valence-electron chi connectivity index (χ1n) is 8.23. The summed E-state index contributed by atoms with van der Waals surface area (Å²) >= 11 is 0. The zero-order valence-corrected chi connectivity index (χ0v) is 15.4. The Morgan fingerprint density at radius 2 is 1.52 bits per heavy atom. The lowest BCUT2D eigenvalue weighted by Gasteiger charge is -2.11. The molecular formula is C21H28N2. The molecule has 0 amide bonds. The first-order valence-corrected chi connectivity index (χ1v) is 8.23. The second kappa shape index (κ2) is 9.00. The Hall–Kier alpha value is -2.27. The van der Waals surface area contributed by atoms with Gasteiger partial charge in [-0.25, -0.2) is 0 Å². The molecule has 122 valence electrons. The lowest BCUT2D eigenvalue weighted by atomic mass is 10.0. The van der Waals surface area contributed by atoms with Gasteiger partial charge in [-0.3, -0.25) is 4.98 Å². The SMILES string of the molecule is CC.Cc1cc(C#Cc2ccc(N(C)C)cc2)cnc1C(C)C. The van der Waals surface area contributed by atoms with E-state index in [0.717, 1.165) is 16.8 Å². The fourth-order valence-electron chi connectivity index (χ4n) is 2.25. The van der Waals surface area contributed by atoms with Crippen LogP contribution >= 0.6 is 0 Å². The molecule has 1 aromatic heterocycles. The van der Waals surface area contributed by atoms with Crippen LogP contribution in [0.5, 0.6) is 0 Å². The zero-order chi connectivity index (χ0) is 17.4. The van der Waals surface area contributed by atoms with Crippen LogP contribution in [0.15, 0.2) is 36.5 Å². The molecule has 0 saturated carbocycles. The monoisotopic (exact) mass is 308 g/mol. The van der Waals surface area contributed by atoms with Crippen molar-refractivity contribution in [3.05, 3.63) is 58.9 Å². The molecule has 0 bridgehead atoms. The van der Waals surface area contributed by atoms with Crippen LogP contribution in [0.3, 0.4) is 0 Å². The quantitative estimate of drug-likeness (QED) is 0.725. The van der Waals surface area contributed by atoms with Crippen LogP contribution in [0.25, 0.3) is 0 Å². The highest BCUT2D eigenvalue weighted by Crippen LogP contribution is 2.17. The van der Waals surface area contributed by atoms with Gasteiger partial charge in [0.25, 0.3) is 0 Å². The van der Waals surface area contributed by atoms with Crippen molar-refractivity contribution in [2.75, 3.05) is 19.0 Å². The number of aryl methyl sites for hydroxylation is 1. The fourth-order valence-corrected chi connectivity index (χ4v) is 2.25. The second-order valence-corrected chi connectivity index (χ2v) is 5.77. The average Bonchev–Trinajstić information content (AvgIpc) is 2.55. The lowest BCUT2D eigenvalue weighted by molar-refractivity contribution is 0.811. The number of anilines is 1. The summed E-state index contributed by atoms with van der Waals surface area (Å²) in [6.07, 6.45) is 1.86. The highest BCUT2D eigenvalue weighted by Gasteiger charge is 2.04. The molecule has 0 N–H and O–H groups in total. The van der Waals surface area contributed by atoms with Gasteiger partial charge < -0.3 is 4.90 Å². The van der Waals surface area contributed by atoms with Gasteiger partial charge in [0, 0.05) is 42.8 Å². The molecule has 1 aromatic carbocycles. The van der Waals surface area contributed by atoms with E-state index in [2.05, 4.69) is 60.7 Å². The van der Waals surface area contributed by atoms with Gasteiger partial charge in [0.1, 0.15) is 0 Å². The molecule has 0 saturated heterocycles. The van der Waals surface area contributed by atoms with E-state index in [1.54, 1.807) is 0 Å². The number of hydrogen-bond donors (Lipinski definition) is 0. The molecule has 2 nitrogen and oxygen atoms in total. The van der Waals surface area contributed by atoms with Gasteiger partial charge in [0.05, 0.1) is 0 Å². The lowest BCUT2D eigenvalue weighted by Crippen LogP contribution is -2.07. The molecule has 23 heavy (non-hydrogen) atoms. The first kappa shape index (κ1) is 18.8. The van der Waals surface area contributed by atoms with Gasteiger partial charge in [0.2, 0.25) is 0 Å². The standard InChI is InChI=1S/C19H22N2.C2H6/c1-14(2)19-15(3)12-17(13-20-19)7-6-16-8-10-18(11-9-16)21(4)5;1-2/h8-14H,1-5H3;1-2H3. The van der Waals surface area contributed by atoms with E-state index in [9.17, 15) is 0 Å². The topological polar surface area (TPSA) is 16.1 Å². The van der Waals surface area contributed by atoms with Crippen LogP contribution in [0.4, 0.5) is 5.69 Å². The summed E-state index contributed by atoms with van der Waals surface area (Å²) in [5, 5.41) is 0. The van der Waals surface area contributed by atoms with Crippen molar-refractivity contribution >= 4 is 5.69 Å². The maximum absolute atomic E-state index is 4.52. The van der Waals surface area contributed by atoms with Gasteiger partial charge in [-0.15, -0.1) is 0 Å². The molecule has 0 spiro atoms. The third-order valence-electron chi connectivity index (χ3n) is 3.40. The van der Waals surface area contributed by atoms with Crippen molar-refractivity contribution in [2.45, 2.75) is 40.5 Å². The van der Waals surface area contributed by atoms with Gasteiger partial charge in [-0.1, -0.05) is 39.5 Å². The molecule has 0 fully saturated rings. The molecule has 0 aliphatic heterocycles. The molecule has 2 rings (SSSR count). The molecule has 0 radical (unpaired) electrons. The molecular weight excluding hydrogens is 280 g/mol. The normalized spacial score (nSPS) is 9.57. The summed E-state index contributed by atoms with van der Waals surface area (Å²) in [6, 6.07) is 10.4. The van der Waals surface area contributed by atoms with Crippen LogP contribution in [0.2, 0.25) is 0 Å². The van der Waals surface area contributed by atoms with Crippen LogP contribution in [-0.4, -0.2) is 19.1 Å². The van der Waals surface area contributed by atoms with E-state index >= 15 is 0 Å².